The highest BCUT2D eigenvalue weighted by Gasteiger charge is 2.35. The van der Waals surface area contributed by atoms with Crippen LogP contribution in [0.4, 0.5) is 10.5 Å². The van der Waals surface area contributed by atoms with Crippen molar-refractivity contribution in [1.82, 2.24) is 10.6 Å². The highest BCUT2D eigenvalue weighted by atomic mass is 16.2. The number of urea groups is 1. The number of hydrogen-bond donors (Lipinski definition) is 2. The summed E-state index contributed by atoms with van der Waals surface area (Å²) in [7, 11) is 0. The standard InChI is InChI=1S/C19H23N3O3/c1-5-22-15-7-6-12(8-13(15)11(2)10-19(22,3)4)9-14-16(23)20-18(25)21-17(14)24/h6-9,11H,5,10H2,1-4H3,(H2,20,21,23,24,25)/t11-/m0/s1. The summed E-state index contributed by atoms with van der Waals surface area (Å²) >= 11 is 0. The lowest BCUT2D eigenvalue weighted by Gasteiger charge is -2.47. The fraction of sp³-hybridized carbons (Fsp3) is 0.421. The molecule has 6 nitrogen and oxygen atoms in total. The SMILES string of the molecule is CCN1c2ccc(C=C3C(=O)NC(=O)NC3=O)cc2[C@@H](C)CC1(C)C. The van der Waals surface area contributed by atoms with Crippen molar-refractivity contribution in [3.8, 4) is 0 Å². The van der Waals surface area contributed by atoms with Gasteiger partial charge >= 0.3 is 6.03 Å². The second kappa shape index (κ2) is 6.02. The molecule has 1 fully saturated rings. The number of anilines is 1. The zero-order valence-electron chi connectivity index (χ0n) is 15.0. The average Bonchev–Trinajstić information content (AvgIpc) is 2.50. The molecule has 1 atom stereocenters. The first-order chi connectivity index (χ1) is 11.7. The van der Waals surface area contributed by atoms with E-state index in [1.54, 1.807) is 0 Å². The molecule has 2 heterocycles. The van der Waals surface area contributed by atoms with Crippen LogP contribution in [0.3, 0.4) is 0 Å². The Labute approximate surface area is 147 Å². The van der Waals surface area contributed by atoms with Crippen molar-refractivity contribution < 1.29 is 14.4 Å². The Bertz CT molecular complexity index is 773. The summed E-state index contributed by atoms with van der Waals surface area (Å²) in [5.41, 5.74) is 3.21. The third-order valence-corrected chi connectivity index (χ3v) is 4.98. The normalized spacial score (nSPS) is 22.2. The summed E-state index contributed by atoms with van der Waals surface area (Å²) in [4.78, 5) is 37.3. The number of amides is 4. The van der Waals surface area contributed by atoms with E-state index >= 15 is 0 Å². The molecule has 1 aromatic carbocycles. The molecule has 4 amide bonds. The molecule has 2 N–H and O–H groups in total. The maximum atomic E-state index is 11.9. The van der Waals surface area contributed by atoms with E-state index in [0.717, 1.165) is 18.5 Å². The molecule has 1 aromatic rings. The highest BCUT2D eigenvalue weighted by Crippen LogP contribution is 2.43. The number of fused-ring (bicyclic) bond motifs is 1. The number of carbonyl (C=O) groups is 3. The van der Waals surface area contributed by atoms with Gasteiger partial charge in [-0.05, 0) is 62.4 Å². The Morgan fingerprint density at radius 3 is 2.44 bits per heavy atom. The zero-order valence-corrected chi connectivity index (χ0v) is 15.0. The Hall–Kier alpha value is -2.63. The molecule has 0 aliphatic carbocycles. The number of benzene rings is 1. The van der Waals surface area contributed by atoms with Crippen molar-refractivity contribution in [2.45, 2.75) is 45.6 Å². The molecule has 132 valence electrons. The molecule has 3 rings (SSSR count). The number of barbiturate groups is 1. The number of nitrogens with one attached hydrogen (secondary N) is 2. The largest absolute Gasteiger partial charge is 0.366 e. The topological polar surface area (TPSA) is 78.5 Å². The summed E-state index contributed by atoms with van der Waals surface area (Å²) in [5, 5.41) is 4.18. The van der Waals surface area contributed by atoms with Crippen LogP contribution in [-0.4, -0.2) is 29.9 Å². The fourth-order valence-electron chi connectivity index (χ4n) is 3.97. The minimum atomic E-state index is -0.785. The second-order valence-electron chi connectivity index (χ2n) is 7.28. The second-order valence-corrected chi connectivity index (χ2v) is 7.28. The number of carbonyl (C=O) groups excluding carboxylic acids is 3. The molecule has 0 bridgehead atoms. The van der Waals surface area contributed by atoms with Gasteiger partial charge in [0, 0.05) is 17.8 Å². The fourth-order valence-corrected chi connectivity index (χ4v) is 3.97. The molecular formula is C19H23N3O3. The number of hydrogen-bond acceptors (Lipinski definition) is 4. The van der Waals surface area contributed by atoms with E-state index in [0.29, 0.717) is 5.92 Å². The first kappa shape index (κ1) is 17.2. The van der Waals surface area contributed by atoms with Crippen LogP contribution in [0.15, 0.2) is 23.8 Å². The lowest BCUT2D eigenvalue weighted by Crippen LogP contribution is -2.51. The van der Waals surface area contributed by atoms with Crippen LogP contribution in [0.2, 0.25) is 0 Å². The van der Waals surface area contributed by atoms with Gasteiger partial charge in [0.25, 0.3) is 11.8 Å². The van der Waals surface area contributed by atoms with Crippen molar-refractivity contribution in [2.75, 3.05) is 11.4 Å². The van der Waals surface area contributed by atoms with Crippen molar-refractivity contribution >= 4 is 29.6 Å². The van der Waals surface area contributed by atoms with Gasteiger partial charge in [-0.1, -0.05) is 13.0 Å². The van der Waals surface area contributed by atoms with Gasteiger partial charge < -0.3 is 4.90 Å². The summed E-state index contributed by atoms with van der Waals surface area (Å²) in [6, 6.07) is 5.19. The summed E-state index contributed by atoms with van der Waals surface area (Å²) < 4.78 is 0. The molecule has 0 aromatic heterocycles. The van der Waals surface area contributed by atoms with E-state index in [2.05, 4.69) is 43.2 Å². The monoisotopic (exact) mass is 341 g/mol. The highest BCUT2D eigenvalue weighted by molar-refractivity contribution is 6.31. The van der Waals surface area contributed by atoms with Crippen LogP contribution in [0.1, 0.15) is 51.2 Å². The molecule has 0 radical (unpaired) electrons. The van der Waals surface area contributed by atoms with Crippen LogP contribution in [0, 0.1) is 0 Å². The van der Waals surface area contributed by atoms with Crippen molar-refractivity contribution in [1.29, 1.82) is 0 Å². The van der Waals surface area contributed by atoms with Gasteiger partial charge in [0.05, 0.1) is 0 Å². The van der Waals surface area contributed by atoms with Crippen LogP contribution in [-0.2, 0) is 9.59 Å². The maximum absolute atomic E-state index is 11.9. The molecule has 2 aliphatic rings. The predicted octanol–water partition coefficient (Wildman–Crippen LogP) is 2.55. The molecule has 0 spiro atoms. The van der Waals surface area contributed by atoms with E-state index in [4.69, 9.17) is 0 Å². The molecule has 6 heteroatoms. The Morgan fingerprint density at radius 2 is 1.84 bits per heavy atom. The van der Waals surface area contributed by atoms with Crippen LogP contribution in [0.25, 0.3) is 6.08 Å². The van der Waals surface area contributed by atoms with E-state index in [9.17, 15) is 14.4 Å². The van der Waals surface area contributed by atoms with Gasteiger partial charge in [-0.15, -0.1) is 0 Å². The summed E-state index contributed by atoms with van der Waals surface area (Å²) in [5.74, 6) is -0.964. The maximum Gasteiger partial charge on any atom is 0.328 e. The van der Waals surface area contributed by atoms with Gasteiger partial charge in [-0.3, -0.25) is 20.2 Å². The first-order valence-corrected chi connectivity index (χ1v) is 8.53. The van der Waals surface area contributed by atoms with Gasteiger partial charge in [0.15, 0.2) is 0 Å². The molecule has 0 unspecified atom stereocenters. The molecular weight excluding hydrogens is 318 g/mol. The third kappa shape index (κ3) is 3.04. The van der Waals surface area contributed by atoms with Crippen molar-refractivity contribution in [3.05, 3.63) is 34.9 Å². The van der Waals surface area contributed by atoms with Gasteiger partial charge in [0.1, 0.15) is 5.57 Å². The zero-order chi connectivity index (χ0) is 18.4. The molecule has 0 saturated carbocycles. The summed E-state index contributed by atoms with van der Waals surface area (Å²) in [6.07, 6.45) is 2.56. The van der Waals surface area contributed by atoms with Gasteiger partial charge in [-0.2, -0.15) is 0 Å². The minimum absolute atomic E-state index is 0.0595. The van der Waals surface area contributed by atoms with E-state index in [1.807, 2.05) is 18.2 Å². The quantitative estimate of drug-likeness (QED) is 0.640. The van der Waals surface area contributed by atoms with Gasteiger partial charge in [-0.25, -0.2) is 4.79 Å². The van der Waals surface area contributed by atoms with E-state index in [-0.39, 0.29) is 11.1 Å². The Kier molecular flexibility index (Phi) is 4.14. The lowest BCUT2D eigenvalue weighted by atomic mass is 9.79. The Balaban J connectivity index is 2.01. The molecule has 1 saturated heterocycles. The molecule has 2 aliphatic heterocycles. The van der Waals surface area contributed by atoms with Gasteiger partial charge in [0.2, 0.25) is 0 Å². The predicted molar refractivity (Wildman–Crippen MR) is 96.2 cm³/mol. The van der Waals surface area contributed by atoms with Crippen molar-refractivity contribution in [2.24, 2.45) is 0 Å². The number of rotatable bonds is 2. The van der Waals surface area contributed by atoms with E-state index < -0.39 is 17.8 Å². The average molecular weight is 341 g/mol. The lowest BCUT2D eigenvalue weighted by molar-refractivity contribution is -0.123. The minimum Gasteiger partial charge on any atom is -0.366 e. The third-order valence-electron chi connectivity index (χ3n) is 4.98. The van der Waals surface area contributed by atoms with Crippen LogP contribution >= 0.6 is 0 Å². The first-order valence-electron chi connectivity index (χ1n) is 8.53. The van der Waals surface area contributed by atoms with Crippen molar-refractivity contribution in [3.63, 3.8) is 0 Å². The smallest absolute Gasteiger partial charge is 0.328 e. The summed E-state index contributed by atoms with van der Waals surface area (Å²) in [6.45, 7) is 9.76. The number of nitrogens with zero attached hydrogens (tertiary/aromatic N) is 1. The van der Waals surface area contributed by atoms with Crippen LogP contribution in [0.5, 0.6) is 0 Å². The Morgan fingerprint density at radius 1 is 1.20 bits per heavy atom. The van der Waals surface area contributed by atoms with Crippen LogP contribution < -0.4 is 15.5 Å². The number of imide groups is 2. The molecule has 25 heavy (non-hydrogen) atoms. The van der Waals surface area contributed by atoms with E-state index in [1.165, 1.54) is 17.3 Å².